The summed E-state index contributed by atoms with van der Waals surface area (Å²) in [6.07, 6.45) is 2.09. The molecule has 1 nitrogen and oxygen atoms in total. The van der Waals surface area contributed by atoms with Crippen molar-refractivity contribution in [3.05, 3.63) is 12.2 Å². The van der Waals surface area contributed by atoms with Gasteiger partial charge in [-0.3, -0.25) is 0 Å². The van der Waals surface area contributed by atoms with Crippen LogP contribution in [0.5, 0.6) is 0 Å². The number of halogens is 1. The molecular formula is C10H19FO. The second kappa shape index (κ2) is 6.18. The lowest BCUT2D eigenvalue weighted by atomic mass is 9.91. The van der Waals surface area contributed by atoms with Gasteiger partial charge in [0.2, 0.25) is 0 Å². The van der Waals surface area contributed by atoms with Crippen LogP contribution < -0.4 is 0 Å². The van der Waals surface area contributed by atoms with Gasteiger partial charge in [0, 0.05) is 5.92 Å². The zero-order valence-corrected chi connectivity index (χ0v) is 8.02. The number of aliphatic hydroxyl groups excluding tert-OH is 1. The monoisotopic (exact) mass is 174 g/mol. The minimum atomic E-state index is -0.853. The van der Waals surface area contributed by atoms with Crippen LogP contribution in [0.4, 0.5) is 4.39 Å². The molecule has 12 heavy (non-hydrogen) atoms. The van der Waals surface area contributed by atoms with E-state index in [9.17, 15) is 9.50 Å². The first kappa shape index (κ1) is 11.6. The minimum Gasteiger partial charge on any atom is -0.390 e. The Bertz CT molecular complexity index is 134. The third-order valence-corrected chi connectivity index (χ3v) is 2.12. The lowest BCUT2D eigenvalue weighted by Crippen LogP contribution is -2.23. The Morgan fingerprint density at radius 1 is 1.58 bits per heavy atom. The fraction of sp³-hybridized carbons (Fsp3) is 0.800. The number of rotatable bonds is 6. The van der Waals surface area contributed by atoms with Gasteiger partial charge in [0.1, 0.15) is 6.67 Å². The fourth-order valence-electron chi connectivity index (χ4n) is 1.30. The van der Waals surface area contributed by atoms with Crippen molar-refractivity contribution in [2.24, 2.45) is 5.92 Å². The molecule has 0 amide bonds. The van der Waals surface area contributed by atoms with E-state index in [-0.39, 0.29) is 5.92 Å². The molecule has 0 bridgehead atoms. The topological polar surface area (TPSA) is 20.2 Å². The number of aliphatic hydroxyl groups is 1. The summed E-state index contributed by atoms with van der Waals surface area (Å²) in [4.78, 5) is 0. The van der Waals surface area contributed by atoms with Gasteiger partial charge in [0.05, 0.1) is 6.10 Å². The van der Waals surface area contributed by atoms with Crippen LogP contribution in [0.2, 0.25) is 0 Å². The Balaban J connectivity index is 3.94. The van der Waals surface area contributed by atoms with Crippen LogP contribution in [0.1, 0.15) is 33.1 Å². The molecule has 72 valence electrons. The first-order chi connectivity index (χ1) is 5.63. The van der Waals surface area contributed by atoms with Gasteiger partial charge in [-0.1, -0.05) is 31.9 Å². The predicted octanol–water partition coefficient (Wildman–Crippen LogP) is 2.70. The Morgan fingerprint density at radius 3 is 2.50 bits per heavy atom. The maximum atomic E-state index is 12.1. The van der Waals surface area contributed by atoms with Gasteiger partial charge in [-0.25, -0.2) is 4.39 Å². The van der Waals surface area contributed by atoms with Crippen LogP contribution >= 0.6 is 0 Å². The summed E-state index contributed by atoms with van der Waals surface area (Å²) in [5.74, 6) is -0.0602. The molecule has 0 aliphatic heterocycles. The van der Waals surface area contributed by atoms with Crippen molar-refractivity contribution in [3.8, 4) is 0 Å². The third kappa shape index (κ3) is 3.86. The Hall–Kier alpha value is -0.370. The quantitative estimate of drug-likeness (QED) is 0.614. The molecule has 0 aliphatic carbocycles. The van der Waals surface area contributed by atoms with Crippen molar-refractivity contribution < 1.29 is 9.50 Å². The van der Waals surface area contributed by atoms with Crippen LogP contribution in [-0.2, 0) is 0 Å². The highest BCUT2D eigenvalue weighted by atomic mass is 19.1. The summed E-state index contributed by atoms with van der Waals surface area (Å²) in [5, 5.41) is 9.28. The molecule has 0 rings (SSSR count). The molecular weight excluding hydrogens is 155 g/mol. The lowest BCUT2D eigenvalue weighted by molar-refractivity contribution is 0.0909. The molecule has 0 aromatic heterocycles. The molecule has 0 heterocycles. The second-order valence-corrected chi connectivity index (χ2v) is 3.32. The van der Waals surface area contributed by atoms with E-state index in [4.69, 9.17) is 0 Å². The van der Waals surface area contributed by atoms with Crippen LogP contribution in [0.3, 0.4) is 0 Å². The predicted molar refractivity (Wildman–Crippen MR) is 49.8 cm³/mol. The van der Waals surface area contributed by atoms with Crippen molar-refractivity contribution >= 4 is 0 Å². The molecule has 0 saturated carbocycles. The average Bonchev–Trinajstić information content (AvgIpc) is 2.04. The van der Waals surface area contributed by atoms with Crippen molar-refractivity contribution in [2.45, 2.75) is 39.2 Å². The van der Waals surface area contributed by atoms with Crippen LogP contribution in [0, 0.1) is 5.92 Å². The smallest absolute Gasteiger partial charge is 0.116 e. The van der Waals surface area contributed by atoms with E-state index in [0.717, 1.165) is 24.8 Å². The molecule has 0 fully saturated rings. The van der Waals surface area contributed by atoms with Gasteiger partial charge in [-0.05, 0) is 13.3 Å². The van der Waals surface area contributed by atoms with E-state index >= 15 is 0 Å². The molecule has 0 aromatic rings. The van der Waals surface area contributed by atoms with Crippen molar-refractivity contribution in [1.82, 2.24) is 0 Å². The summed E-state index contributed by atoms with van der Waals surface area (Å²) >= 11 is 0. The fourth-order valence-corrected chi connectivity index (χ4v) is 1.30. The maximum absolute atomic E-state index is 12.1. The normalized spacial score (nSPS) is 15.7. The molecule has 2 heteroatoms. The van der Waals surface area contributed by atoms with E-state index in [0.29, 0.717) is 0 Å². The largest absolute Gasteiger partial charge is 0.390 e. The standard InChI is InChI=1S/C10H19FO/c1-4-5-6-9(8(2)3)10(12)7-11/h9-10,12H,2,4-7H2,1,3H3. The average molecular weight is 174 g/mol. The van der Waals surface area contributed by atoms with Gasteiger partial charge in [-0.2, -0.15) is 0 Å². The van der Waals surface area contributed by atoms with Gasteiger partial charge in [-0.15, -0.1) is 0 Å². The number of unbranched alkanes of at least 4 members (excludes halogenated alkanes) is 1. The molecule has 0 radical (unpaired) electrons. The zero-order valence-electron chi connectivity index (χ0n) is 8.02. The van der Waals surface area contributed by atoms with Gasteiger partial charge < -0.3 is 5.11 Å². The molecule has 1 N–H and O–H groups in total. The van der Waals surface area contributed by atoms with Gasteiger partial charge in [0.25, 0.3) is 0 Å². The third-order valence-electron chi connectivity index (χ3n) is 2.12. The number of hydrogen-bond donors (Lipinski definition) is 1. The second-order valence-electron chi connectivity index (χ2n) is 3.32. The highest BCUT2D eigenvalue weighted by molar-refractivity contribution is 4.99. The van der Waals surface area contributed by atoms with E-state index in [1.807, 2.05) is 6.92 Å². The molecule has 0 spiro atoms. The molecule has 2 atom stereocenters. The van der Waals surface area contributed by atoms with Crippen molar-refractivity contribution in [3.63, 3.8) is 0 Å². The SMILES string of the molecule is C=C(C)C(CCCC)C(O)CF. The van der Waals surface area contributed by atoms with E-state index < -0.39 is 12.8 Å². The van der Waals surface area contributed by atoms with Gasteiger partial charge in [0.15, 0.2) is 0 Å². The van der Waals surface area contributed by atoms with E-state index in [2.05, 4.69) is 13.5 Å². The summed E-state index contributed by atoms with van der Waals surface area (Å²) < 4.78 is 12.1. The highest BCUT2D eigenvalue weighted by Gasteiger charge is 2.18. The summed E-state index contributed by atoms with van der Waals surface area (Å²) in [7, 11) is 0. The van der Waals surface area contributed by atoms with E-state index in [1.54, 1.807) is 0 Å². The van der Waals surface area contributed by atoms with Crippen molar-refractivity contribution in [2.75, 3.05) is 6.67 Å². The molecule has 0 aliphatic rings. The van der Waals surface area contributed by atoms with E-state index in [1.165, 1.54) is 0 Å². The Kier molecular flexibility index (Phi) is 5.99. The molecule has 0 saturated heterocycles. The minimum absolute atomic E-state index is 0.0602. The summed E-state index contributed by atoms with van der Waals surface area (Å²) in [6.45, 7) is 7.01. The summed E-state index contributed by atoms with van der Waals surface area (Å²) in [6, 6.07) is 0. The van der Waals surface area contributed by atoms with Crippen molar-refractivity contribution in [1.29, 1.82) is 0 Å². The summed E-state index contributed by atoms with van der Waals surface area (Å²) in [5.41, 5.74) is 0.883. The first-order valence-corrected chi connectivity index (χ1v) is 4.52. The number of hydrogen-bond acceptors (Lipinski definition) is 1. The highest BCUT2D eigenvalue weighted by Crippen LogP contribution is 2.20. The first-order valence-electron chi connectivity index (χ1n) is 4.52. The number of alkyl halides is 1. The lowest BCUT2D eigenvalue weighted by Gasteiger charge is -2.20. The Labute approximate surface area is 74.3 Å². The molecule has 2 unspecified atom stereocenters. The Morgan fingerprint density at radius 2 is 2.17 bits per heavy atom. The maximum Gasteiger partial charge on any atom is 0.116 e. The van der Waals surface area contributed by atoms with Crippen LogP contribution in [-0.4, -0.2) is 17.9 Å². The van der Waals surface area contributed by atoms with Gasteiger partial charge >= 0.3 is 0 Å². The zero-order chi connectivity index (χ0) is 9.56. The molecule has 0 aromatic carbocycles. The van der Waals surface area contributed by atoms with Crippen LogP contribution in [0.25, 0.3) is 0 Å². The van der Waals surface area contributed by atoms with Crippen LogP contribution in [0.15, 0.2) is 12.2 Å².